The number of carbonyl (C=O) groups is 1. The van der Waals surface area contributed by atoms with E-state index in [4.69, 9.17) is 16.1 Å². The lowest BCUT2D eigenvalue weighted by molar-refractivity contribution is 0.203. The molecule has 0 aliphatic carbocycles. The Kier molecular flexibility index (Phi) is 5.86. The molecule has 0 radical (unpaired) electrons. The number of hydrogen-bond acceptors (Lipinski definition) is 4. The number of carbonyl (C=O) groups excluding carboxylic acids is 1. The third-order valence-corrected chi connectivity index (χ3v) is 5.93. The summed E-state index contributed by atoms with van der Waals surface area (Å²) in [6.07, 6.45) is 0. The summed E-state index contributed by atoms with van der Waals surface area (Å²) in [4.78, 5) is 19.3. The van der Waals surface area contributed by atoms with Crippen molar-refractivity contribution in [2.45, 2.75) is 19.5 Å². The fourth-order valence-electron chi connectivity index (χ4n) is 4.04. The summed E-state index contributed by atoms with van der Waals surface area (Å²) in [5, 5.41) is 7.73. The predicted octanol–water partition coefficient (Wildman–Crippen LogP) is 6.23. The molecule has 1 aliphatic rings. The maximum Gasteiger partial charge on any atom is 0.322 e. The van der Waals surface area contributed by atoms with Crippen LogP contribution in [0.25, 0.3) is 17.0 Å². The van der Waals surface area contributed by atoms with Crippen molar-refractivity contribution in [1.29, 1.82) is 0 Å². The average molecular weight is 475 g/mol. The summed E-state index contributed by atoms with van der Waals surface area (Å²) in [5.41, 5.74) is 3.60. The van der Waals surface area contributed by atoms with Gasteiger partial charge in [0.15, 0.2) is 0 Å². The topological polar surface area (TPSA) is 71.3 Å². The normalized spacial score (nSPS) is 16.0. The van der Waals surface area contributed by atoms with E-state index in [0.717, 1.165) is 11.1 Å². The Hall–Kier alpha value is -3.97. The second-order valence-electron chi connectivity index (χ2n) is 7.94. The van der Waals surface area contributed by atoms with Crippen LogP contribution in [0.4, 0.5) is 9.18 Å². The van der Waals surface area contributed by atoms with Crippen LogP contribution in [-0.4, -0.2) is 21.1 Å². The highest BCUT2D eigenvalue weighted by Crippen LogP contribution is 2.38. The van der Waals surface area contributed by atoms with Gasteiger partial charge in [-0.15, -0.1) is 0 Å². The minimum atomic E-state index is -0.495. The molecule has 1 N–H and O–H groups in total. The van der Waals surface area contributed by atoms with Crippen molar-refractivity contribution < 1.29 is 13.7 Å². The second-order valence-corrected chi connectivity index (χ2v) is 8.38. The highest BCUT2D eigenvalue weighted by Gasteiger charge is 2.35. The molecule has 34 heavy (non-hydrogen) atoms. The number of allylic oxidation sites excluding steroid dienone is 1. The van der Waals surface area contributed by atoms with Crippen molar-refractivity contribution in [3.05, 3.63) is 112 Å². The zero-order valence-corrected chi connectivity index (χ0v) is 19.0. The van der Waals surface area contributed by atoms with Crippen molar-refractivity contribution in [3.8, 4) is 11.4 Å². The number of aromatic nitrogens is 2. The first-order valence-corrected chi connectivity index (χ1v) is 11.1. The molecule has 2 amide bonds. The molecule has 2 heterocycles. The van der Waals surface area contributed by atoms with Gasteiger partial charge in [-0.05, 0) is 42.3 Å². The van der Waals surface area contributed by atoms with E-state index in [1.165, 1.54) is 12.1 Å². The maximum absolute atomic E-state index is 13.7. The summed E-state index contributed by atoms with van der Waals surface area (Å²) in [5.74, 6) is 0.126. The molecule has 3 aromatic carbocycles. The van der Waals surface area contributed by atoms with Crippen LogP contribution in [0.5, 0.6) is 0 Å². The molecule has 1 aliphatic heterocycles. The molecule has 0 saturated carbocycles. The number of nitrogens with zero attached hydrogens (tertiary/aromatic N) is 3. The molecule has 1 atom stereocenters. The van der Waals surface area contributed by atoms with Gasteiger partial charge in [0.1, 0.15) is 5.82 Å². The number of urea groups is 1. The lowest BCUT2D eigenvalue weighted by Crippen LogP contribution is -2.45. The first-order chi connectivity index (χ1) is 16.5. The van der Waals surface area contributed by atoms with E-state index < -0.39 is 6.04 Å². The Labute approximate surface area is 200 Å². The Morgan fingerprint density at radius 1 is 1.06 bits per heavy atom. The molecule has 0 fully saturated rings. The summed E-state index contributed by atoms with van der Waals surface area (Å²) >= 11 is 6.14. The molecule has 8 heteroatoms. The monoisotopic (exact) mass is 474 g/mol. The Morgan fingerprint density at radius 3 is 2.62 bits per heavy atom. The molecule has 0 spiro atoms. The standard InChI is InChI=1S/C26H20ClFN4O2/c1-16-22(25-30-24(31-34-25)19-10-6-12-21(28)14-19)23(18-8-3-2-4-9-18)29-26(33)32(16)15-17-7-5-11-20(27)13-17/h2-14,23H,15H2,1H3,(H,29,33). The predicted molar refractivity (Wildman–Crippen MR) is 127 cm³/mol. The largest absolute Gasteiger partial charge is 0.334 e. The number of nitrogens with one attached hydrogen (secondary N) is 1. The van der Waals surface area contributed by atoms with Gasteiger partial charge in [0.05, 0.1) is 18.2 Å². The van der Waals surface area contributed by atoms with E-state index in [1.807, 2.05) is 55.5 Å². The van der Waals surface area contributed by atoms with Gasteiger partial charge >= 0.3 is 6.03 Å². The third kappa shape index (κ3) is 4.30. The summed E-state index contributed by atoms with van der Waals surface area (Å²) in [7, 11) is 0. The van der Waals surface area contributed by atoms with Crippen molar-refractivity contribution in [3.63, 3.8) is 0 Å². The number of benzene rings is 3. The SMILES string of the molecule is CC1=C(c2nc(-c3cccc(F)c3)no2)C(c2ccccc2)NC(=O)N1Cc1cccc(Cl)c1. The molecule has 1 aromatic heterocycles. The summed E-state index contributed by atoms with van der Waals surface area (Å²) in [6.45, 7) is 2.16. The summed E-state index contributed by atoms with van der Waals surface area (Å²) in [6, 6.07) is 22.2. The first kappa shape index (κ1) is 21.9. The molecule has 0 bridgehead atoms. The van der Waals surface area contributed by atoms with Crippen LogP contribution in [0, 0.1) is 5.82 Å². The van der Waals surface area contributed by atoms with Crippen LogP contribution in [0.15, 0.2) is 89.1 Å². The van der Waals surface area contributed by atoms with Gasteiger partial charge in [0.2, 0.25) is 5.82 Å². The highest BCUT2D eigenvalue weighted by molar-refractivity contribution is 6.30. The van der Waals surface area contributed by atoms with Crippen molar-refractivity contribution >= 4 is 23.2 Å². The number of amides is 2. The van der Waals surface area contributed by atoms with E-state index in [2.05, 4.69) is 15.5 Å². The molecule has 4 aromatic rings. The van der Waals surface area contributed by atoms with Gasteiger partial charge in [-0.3, -0.25) is 4.90 Å². The fourth-order valence-corrected chi connectivity index (χ4v) is 4.25. The fraction of sp³-hybridized carbons (Fsp3) is 0.115. The smallest absolute Gasteiger partial charge is 0.322 e. The number of hydrogen-bond donors (Lipinski definition) is 1. The van der Waals surface area contributed by atoms with Crippen molar-refractivity contribution in [2.75, 3.05) is 0 Å². The van der Waals surface area contributed by atoms with Crippen LogP contribution < -0.4 is 5.32 Å². The lowest BCUT2D eigenvalue weighted by atomic mass is 9.94. The lowest BCUT2D eigenvalue weighted by Gasteiger charge is -2.35. The molecular formula is C26H20ClFN4O2. The first-order valence-electron chi connectivity index (χ1n) is 10.7. The number of halogens is 2. The van der Waals surface area contributed by atoms with Crippen LogP contribution in [0.1, 0.15) is 30.0 Å². The van der Waals surface area contributed by atoms with Crippen molar-refractivity contribution in [2.24, 2.45) is 0 Å². The minimum absolute atomic E-state index is 0.250. The minimum Gasteiger partial charge on any atom is -0.334 e. The van der Waals surface area contributed by atoms with Gasteiger partial charge in [-0.2, -0.15) is 4.98 Å². The Balaban J connectivity index is 1.60. The van der Waals surface area contributed by atoms with E-state index >= 15 is 0 Å². The Bertz CT molecular complexity index is 1390. The molecule has 5 rings (SSSR count). The van der Waals surface area contributed by atoms with Crippen LogP contribution in [-0.2, 0) is 6.54 Å². The molecule has 1 unspecified atom stereocenters. The van der Waals surface area contributed by atoms with Crippen LogP contribution >= 0.6 is 11.6 Å². The van der Waals surface area contributed by atoms with Gasteiger partial charge in [0, 0.05) is 16.3 Å². The van der Waals surface area contributed by atoms with Crippen LogP contribution in [0.3, 0.4) is 0 Å². The van der Waals surface area contributed by atoms with E-state index in [-0.39, 0.29) is 23.6 Å². The quantitative estimate of drug-likeness (QED) is 0.372. The molecule has 170 valence electrons. The van der Waals surface area contributed by atoms with E-state index in [1.54, 1.807) is 23.1 Å². The molecular weight excluding hydrogens is 455 g/mol. The molecule has 6 nitrogen and oxygen atoms in total. The Morgan fingerprint density at radius 2 is 1.85 bits per heavy atom. The van der Waals surface area contributed by atoms with Crippen molar-refractivity contribution in [1.82, 2.24) is 20.4 Å². The van der Waals surface area contributed by atoms with E-state index in [0.29, 0.717) is 28.4 Å². The van der Waals surface area contributed by atoms with Crippen LogP contribution in [0.2, 0.25) is 5.02 Å². The van der Waals surface area contributed by atoms with Gasteiger partial charge < -0.3 is 9.84 Å². The third-order valence-electron chi connectivity index (χ3n) is 5.70. The highest BCUT2D eigenvalue weighted by atomic mass is 35.5. The van der Waals surface area contributed by atoms with Gasteiger partial charge in [-0.25, -0.2) is 9.18 Å². The molecule has 0 saturated heterocycles. The number of rotatable bonds is 5. The maximum atomic E-state index is 13.7. The second kappa shape index (κ2) is 9.11. The summed E-state index contributed by atoms with van der Waals surface area (Å²) < 4.78 is 19.4. The zero-order valence-electron chi connectivity index (χ0n) is 18.2. The van der Waals surface area contributed by atoms with E-state index in [9.17, 15) is 9.18 Å². The van der Waals surface area contributed by atoms with Gasteiger partial charge in [-0.1, -0.05) is 71.4 Å². The van der Waals surface area contributed by atoms with Gasteiger partial charge in [0.25, 0.3) is 5.89 Å². The average Bonchev–Trinajstić information content (AvgIpc) is 3.32. The zero-order chi connectivity index (χ0) is 23.7.